The van der Waals surface area contributed by atoms with Gasteiger partial charge in [0.15, 0.2) is 0 Å². The van der Waals surface area contributed by atoms with Crippen molar-refractivity contribution in [1.29, 1.82) is 0 Å². The summed E-state index contributed by atoms with van der Waals surface area (Å²) in [6, 6.07) is 18.2. The smallest absolute Gasteiger partial charge is 0.306 e. The summed E-state index contributed by atoms with van der Waals surface area (Å²) >= 11 is 0. The summed E-state index contributed by atoms with van der Waals surface area (Å²) < 4.78 is 10.7. The SMILES string of the molecule is COC(=O)CC(c1cccc(OCc2ccccc2)c1)C1CC1. The first-order valence-corrected chi connectivity index (χ1v) is 8.10. The van der Waals surface area contributed by atoms with Crippen LogP contribution in [-0.2, 0) is 16.1 Å². The van der Waals surface area contributed by atoms with Crippen molar-refractivity contribution >= 4 is 5.97 Å². The Morgan fingerprint density at radius 2 is 1.91 bits per heavy atom. The Balaban J connectivity index is 1.69. The zero-order chi connectivity index (χ0) is 16.1. The van der Waals surface area contributed by atoms with Gasteiger partial charge in [0.25, 0.3) is 0 Å². The van der Waals surface area contributed by atoms with Crippen LogP contribution in [0.5, 0.6) is 5.75 Å². The minimum Gasteiger partial charge on any atom is -0.489 e. The van der Waals surface area contributed by atoms with Gasteiger partial charge in [0.05, 0.1) is 13.5 Å². The Morgan fingerprint density at radius 1 is 1.13 bits per heavy atom. The number of esters is 1. The second-order valence-corrected chi connectivity index (χ2v) is 6.07. The van der Waals surface area contributed by atoms with E-state index in [1.54, 1.807) is 0 Å². The van der Waals surface area contributed by atoms with Crippen LogP contribution in [0.1, 0.15) is 36.3 Å². The van der Waals surface area contributed by atoms with Crippen molar-refractivity contribution in [2.75, 3.05) is 7.11 Å². The lowest BCUT2D eigenvalue weighted by atomic mass is 9.91. The normalized spacial score (nSPS) is 15.0. The van der Waals surface area contributed by atoms with Crippen LogP contribution in [-0.4, -0.2) is 13.1 Å². The number of ether oxygens (including phenoxy) is 2. The van der Waals surface area contributed by atoms with E-state index in [0.717, 1.165) is 11.3 Å². The van der Waals surface area contributed by atoms with Gasteiger partial charge in [-0.3, -0.25) is 4.79 Å². The maximum Gasteiger partial charge on any atom is 0.306 e. The molecule has 0 bridgehead atoms. The van der Waals surface area contributed by atoms with E-state index in [4.69, 9.17) is 9.47 Å². The summed E-state index contributed by atoms with van der Waals surface area (Å²) in [6.45, 7) is 0.551. The zero-order valence-electron chi connectivity index (χ0n) is 13.4. The third-order valence-corrected chi connectivity index (χ3v) is 4.34. The van der Waals surface area contributed by atoms with Gasteiger partial charge in [-0.2, -0.15) is 0 Å². The molecular formula is C20H22O3. The largest absolute Gasteiger partial charge is 0.489 e. The summed E-state index contributed by atoms with van der Waals surface area (Å²) in [5.74, 6) is 1.54. The fraction of sp³-hybridized carbons (Fsp3) is 0.350. The average molecular weight is 310 g/mol. The maximum absolute atomic E-state index is 11.7. The van der Waals surface area contributed by atoms with Gasteiger partial charge in [0.2, 0.25) is 0 Å². The van der Waals surface area contributed by atoms with Crippen molar-refractivity contribution in [1.82, 2.24) is 0 Å². The van der Waals surface area contributed by atoms with E-state index < -0.39 is 0 Å². The summed E-state index contributed by atoms with van der Waals surface area (Å²) in [5.41, 5.74) is 2.31. The first-order valence-electron chi connectivity index (χ1n) is 8.10. The van der Waals surface area contributed by atoms with Crippen LogP contribution < -0.4 is 4.74 Å². The molecule has 3 rings (SSSR count). The molecule has 0 N–H and O–H groups in total. The lowest BCUT2D eigenvalue weighted by molar-refractivity contribution is -0.141. The highest BCUT2D eigenvalue weighted by Gasteiger charge is 2.34. The Bertz CT molecular complexity index is 647. The van der Waals surface area contributed by atoms with E-state index in [1.165, 1.54) is 25.5 Å². The minimum absolute atomic E-state index is 0.141. The molecule has 2 aromatic rings. The second kappa shape index (κ2) is 7.32. The molecule has 0 aromatic heterocycles. The number of carbonyl (C=O) groups is 1. The fourth-order valence-corrected chi connectivity index (χ4v) is 2.89. The van der Waals surface area contributed by atoms with Gasteiger partial charge in [0, 0.05) is 0 Å². The predicted molar refractivity (Wildman–Crippen MR) is 89.3 cm³/mol. The van der Waals surface area contributed by atoms with Crippen molar-refractivity contribution < 1.29 is 14.3 Å². The number of benzene rings is 2. The number of methoxy groups -OCH3 is 1. The Hall–Kier alpha value is -2.29. The first-order chi connectivity index (χ1) is 11.3. The number of carbonyl (C=O) groups excluding carboxylic acids is 1. The highest BCUT2D eigenvalue weighted by atomic mass is 16.5. The van der Waals surface area contributed by atoms with Crippen LogP contribution in [0.2, 0.25) is 0 Å². The van der Waals surface area contributed by atoms with Crippen molar-refractivity contribution in [3.8, 4) is 5.75 Å². The van der Waals surface area contributed by atoms with Crippen LogP contribution in [0.3, 0.4) is 0 Å². The van der Waals surface area contributed by atoms with E-state index in [1.807, 2.05) is 42.5 Å². The standard InChI is InChI=1S/C20H22O3/c1-22-20(21)13-19(16-10-11-16)17-8-5-9-18(12-17)23-14-15-6-3-2-4-7-15/h2-9,12,16,19H,10-11,13-14H2,1H3. The van der Waals surface area contributed by atoms with Crippen molar-refractivity contribution in [2.45, 2.75) is 31.8 Å². The van der Waals surface area contributed by atoms with E-state index in [9.17, 15) is 4.79 Å². The fourth-order valence-electron chi connectivity index (χ4n) is 2.89. The molecule has 3 nitrogen and oxygen atoms in total. The van der Waals surface area contributed by atoms with Gasteiger partial charge in [0.1, 0.15) is 12.4 Å². The van der Waals surface area contributed by atoms with Crippen LogP contribution in [0.25, 0.3) is 0 Å². The molecule has 3 heteroatoms. The van der Waals surface area contributed by atoms with Gasteiger partial charge in [-0.1, -0.05) is 42.5 Å². The third kappa shape index (κ3) is 4.35. The van der Waals surface area contributed by atoms with Crippen LogP contribution in [0.15, 0.2) is 54.6 Å². The highest BCUT2D eigenvalue weighted by molar-refractivity contribution is 5.70. The summed E-state index contributed by atoms with van der Waals surface area (Å²) in [4.78, 5) is 11.7. The lowest BCUT2D eigenvalue weighted by Crippen LogP contribution is -2.10. The van der Waals surface area contributed by atoms with Gasteiger partial charge in [-0.15, -0.1) is 0 Å². The van der Waals surface area contributed by atoms with Crippen LogP contribution in [0, 0.1) is 5.92 Å². The maximum atomic E-state index is 11.7. The van der Waals surface area contributed by atoms with Crippen LogP contribution in [0.4, 0.5) is 0 Å². The lowest BCUT2D eigenvalue weighted by Gasteiger charge is -2.16. The van der Waals surface area contributed by atoms with Crippen molar-refractivity contribution in [3.63, 3.8) is 0 Å². The topological polar surface area (TPSA) is 35.5 Å². The first kappa shape index (κ1) is 15.6. The molecule has 0 aliphatic heterocycles. The van der Waals surface area contributed by atoms with Gasteiger partial charge >= 0.3 is 5.97 Å². The Labute approximate surface area is 137 Å². The number of hydrogen-bond donors (Lipinski definition) is 0. The summed E-state index contributed by atoms with van der Waals surface area (Å²) in [5, 5.41) is 0. The van der Waals surface area contributed by atoms with E-state index in [2.05, 4.69) is 12.1 Å². The minimum atomic E-state index is -0.141. The molecule has 23 heavy (non-hydrogen) atoms. The molecule has 1 atom stereocenters. The number of hydrogen-bond acceptors (Lipinski definition) is 3. The molecular weight excluding hydrogens is 288 g/mol. The zero-order valence-corrected chi connectivity index (χ0v) is 13.4. The molecule has 1 aliphatic rings. The monoisotopic (exact) mass is 310 g/mol. The molecule has 0 amide bonds. The van der Waals surface area contributed by atoms with Gasteiger partial charge in [-0.05, 0) is 47.9 Å². The van der Waals surface area contributed by atoms with Gasteiger partial charge < -0.3 is 9.47 Å². The predicted octanol–water partition coefficient (Wildman–Crippen LogP) is 4.32. The summed E-state index contributed by atoms with van der Waals surface area (Å²) in [6.07, 6.45) is 2.83. The second-order valence-electron chi connectivity index (χ2n) is 6.07. The van der Waals surface area contributed by atoms with E-state index in [0.29, 0.717) is 18.9 Å². The Morgan fingerprint density at radius 3 is 2.61 bits per heavy atom. The van der Waals surface area contributed by atoms with E-state index in [-0.39, 0.29) is 11.9 Å². The molecule has 0 radical (unpaired) electrons. The quantitative estimate of drug-likeness (QED) is 0.714. The molecule has 120 valence electrons. The molecule has 1 saturated carbocycles. The van der Waals surface area contributed by atoms with Gasteiger partial charge in [-0.25, -0.2) is 0 Å². The highest BCUT2D eigenvalue weighted by Crippen LogP contribution is 2.45. The van der Waals surface area contributed by atoms with Crippen molar-refractivity contribution in [3.05, 3.63) is 65.7 Å². The molecule has 1 unspecified atom stereocenters. The third-order valence-electron chi connectivity index (χ3n) is 4.34. The Kier molecular flexibility index (Phi) is 4.96. The van der Waals surface area contributed by atoms with Crippen LogP contribution >= 0.6 is 0 Å². The summed E-state index contributed by atoms with van der Waals surface area (Å²) in [7, 11) is 1.45. The molecule has 1 aliphatic carbocycles. The van der Waals surface area contributed by atoms with E-state index >= 15 is 0 Å². The molecule has 0 heterocycles. The molecule has 0 spiro atoms. The molecule has 2 aromatic carbocycles. The molecule has 0 saturated heterocycles. The number of rotatable bonds is 7. The van der Waals surface area contributed by atoms with Crippen molar-refractivity contribution in [2.24, 2.45) is 5.92 Å². The molecule has 1 fully saturated rings. The average Bonchev–Trinajstić information content (AvgIpc) is 3.43.